The van der Waals surface area contributed by atoms with E-state index in [1.54, 1.807) is 6.07 Å². The summed E-state index contributed by atoms with van der Waals surface area (Å²) in [5.74, 6) is -0.134. The Labute approximate surface area is 126 Å². The highest BCUT2D eigenvalue weighted by atomic mass is 35.5. The molecule has 1 nitrogen and oxygen atoms in total. The minimum absolute atomic E-state index is 0. The Morgan fingerprint density at radius 2 is 1.65 bits per heavy atom. The summed E-state index contributed by atoms with van der Waals surface area (Å²) >= 11 is 0. The highest BCUT2D eigenvalue weighted by Gasteiger charge is 2.04. The van der Waals surface area contributed by atoms with E-state index in [0.29, 0.717) is 12.6 Å². The number of nitrogens with one attached hydrogen (secondary N) is 1. The van der Waals surface area contributed by atoms with Crippen LogP contribution in [0, 0.1) is 5.82 Å². The van der Waals surface area contributed by atoms with Gasteiger partial charge in [0.05, 0.1) is 0 Å². The molecular formula is C17H21ClFN. The minimum atomic E-state index is -0.134. The Balaban J connectivity index is 0.00000200. The lowest BCUT2D eigenvalue weighted by atomic mass is 10.1. The predicted molar refractivity (Wildman–Crippen MR) is 84.7 cm³/mol. The van der Waals surface area contributed by atoms with E-state index in [9.17, 15) is 4.39 Å². The third-order valence-corrected chi connectivity index (χ3v) is 3.31. The molecule has 0 aliphatic rings. The summed E-state index contributed by atoms with van der Waals surface area (Å²) in [6.07, 6.45) is 2.10. The molecule has 1 unspecified atom stereocenters. The summed E-state index contributed by atoms with van der Waals surface area (Å²) in [4.78, 5) is 0. The van der Waals surface area contributed by atoms with Crippen LogP contribution < -0.4 is 5.32 Å². The van der Waals surface area contributed by atoms with Crippen molar-refractivity contribution in [1.82, 2.24) is 5.32 Å². The molecule has 0 spiro atoms. The van der Waals surface area contributed by atoms with Gasteiger partial charge in [0.15, 0.2) is 0 Å². The Kier molecular flexibility index (Phi) is 7.27. The first-order valence-corrected chi connectivity index (χ1v) is 6.76. The molecule has 0 aliphatic heterocycles. The molecule has 0 aliphatic carbocycles. The monoisotopic (exact) mass is 293 g/mol. The maximum atomic E-state index is 13.5. The molecule has 20 heavy (non-hydrogen) atoms. The smallest absolute Gasteiger partial charge is 0.127 e. The fourth-order valence-corrected chi connectivity index (χ4v) is 2.06. The van der Waals surface area contributed by atoms with Crippen molar-refractivity contribution in [3.63, 3.8) is 0 Å². The van der Waals surface area contributed by atoms with Gasteiger partial charge in [-0.3, -0.25) is 0 Å². The zero-order valence-corrected chi connectivity index (χ0v) is 12.5. The van der Waals surface area contributed by atoms with Crippen molar-refractivity contribution in [2.45, 2.75) is 32.4 Å². The molecule has 3 heteroatoms. The largest absolute Gasteiger partial charge is 0.310 e. The van der Waals surface area contributed by atoms with Crippen LogP contribution in [0.1, 0.15) is 24.5 Å². The van der Waals surface area contributed by atoms with Crippen LogP contribution in [0.4, 0.5) is 4.39 Å². The molecule has 0 saturated heterocycles. The second-order valence-electron chi connectivity index (χ2n) is 4.90. The van der Waals surface area contributed by atoms with Crippen molar-refractivity contribution in [3.05, 3.63) is 71.5 Å². The Hall–Kier alpha value is -1.38. The third-order valence-electron chi connectivity index (χ3n) is 3.31. The molecule has 0 saturated carbocycles. The van der Waals surface area contributed by atoms with E-state index < -0.39 is 0 Å². The molecule has 2 rings (SSSR count). The average molecular weight is 294 g/mol. The number of aryl methyl sites for hydroxylation is 1. The number of halogens is 2. The first kappa shape index (κ1) is 16.7. The quantitative estimate of drug-likeness (QED) is 0.834. The number of rotatable bonds is 6. The molecule has 108 valence electrons. The lowest BCUT2D eigenvalue weighted by molar-refractivity contribution is 0.501. The van der Waals surface area contributed by atoms with E-state index in [-0.39, 0.29) is 18.2 Å². The Morgan fingerprint density at radius 3 is 2.35 bits per heavy atom. The fourth-order valence-electron chi connectivity index (χ4n) is 2.06. The maximum absolute atomic E-state index is 13.5. The molecule has 1 N–H and O–H groups in total. The SMILES string of the molecule is CC(CCc1ccccc1)NCc1ccccc1F.Cl. The minimum Gasteiger partial charge on any atom is -0.310 e. The molecular weight excluding hydrogens is 273 g/mol. The van der Waals surface area contributed by atoms with Crippen molar-refractivity contribution >= 4 is 12.4 Å². The van der Waals surface area contributed by atoms with Gasteiger partial charge in [0.25, 0.3) is 0 Å². The highest BCUT2D eigenvalue weighted by Crippen LogP contribution is 2.08. The molecule has 1 atom stereocenters. The van der Waals surface area contributed by atoms with Crippen LogP contribution in [0.25, 0.3) is 0 Å². The van der Waals surface area contributed by atoms with Crippen LogP contribution >= 0.6 is 12.4 Å². The van der Waals surface area contributed by atoms with Crippen molar-refractivity contribution in [2.24, 2.45) is 0 Å². The van der Waals surface area contributed by atoms with Crippen molar-refractivity contribution in [1.29, 1.82) is 0 Å². The van der Waals surface area contributed by atoms with Gasteiger partial charge < -0.3 is 5.32 Å². The molecule has 0 aromatic heterocycles. The maximum Gasteiger partial charge on any atom is 0.127 e. The Bertz CT molecular complexity index is 501. The van der Waals surface area contributed by atoms with Gasteiger partial charge in [0, 0.05) is 18.2 Å². The van der Waals surface area contributed by atoms with Gasteiger partial charge in [-0.1, -0.05) is 48.5 Å². The van der Waals surface area contributed by atoms with Crippen LogP contribution in [0.5, 0.6) is 0 Å². The van der Waals surface area contributed by atoms with Gasteiger partial charge in [-0.15, -0.1) is 12.4 Å². The lowest BCUT2D eigenvalue weighted by Crippen LogP contribution is -2.26. The first-order chi connectivity index (χ1) is 9.25. The first-order valence-electron chi connectivity index (χ1n) is 6.76. The van der Waals surface area contributed by atoms with Crippen molar-refractivity contribution in [3.8, 4) is 0 Å². The van der Waals surface area contributed by atoms with Gasteiger partial charge in [-0.25, -0.2) is 4.39 Å². The zero-order valence-electron chi connectivity index (χ0n) is 11.7. The van der Waals surface area contributed by atoms with Crippen LogP contribution in [-0.4, -0.2) is 6.04 Å². The second kappa shape index (κ2) is 8.72. The summed E-state index contributed by atoms with van der Waals surface area (Å²) in [5.41, 5.74) is 2.08. The highest BCUT2D eigenvalue weighted by molar-refractivity contribution is 5.85. The van der Waals surface area contributed by atoms with Gasteiger partial charge in [-0.05, 0) is 31.4 Å². The number of hydrogen-bond donors (Lipinski definition) is 1. The van der Waals surface area contributed by atoms with Gasteiger partial charge in [-0.2, -0.15) is 0 Å². The van der Waals surface area contributed by atoms with Crippen LogP contribution in [-0.2, 0) is 13.0 Å². The zero-order chi connectivity index (χ0) is 13.5. The normalized spacial score (nSPS) is 11.7. The summed E-state index contributed by atoms with van der Waals surface area (Å²) in [6, 6.07) is 17.7. The standard InChI is InChI=1S/C17H20FN.ClH/c1-14(11-12-15-7-3-2-4-8-15)19-13-16-9-5-6-10-17(16)18;/h2-10,14,19H,11-13H2,1H3;1H. The van der Waals surface area contributed by atoms with Crippen LogP contribution in [0.3, 0.4) is 0 Å². The summed E-state index contributed by atoms with van der Waals surface area (Å²) in [6.45, 7) is 2.73. The Morgan fingerprint density at radius 1 is 1.00 bits per heavy atom. The van der Waals surface area contributed by atoms with Crippen LogP contribution in [0.2, 0.25) is 0 Å². The average Bonchev–Trinajstić information content (AvgIpc) is 2.45. The summed E-state index contributed by atoms with van der Waals surface area (Å²) in [5, 5.41) is 3.37. The predicted octanol–water partition coefficient (Wildman–Crippen LogP) is 4.36. The van der Waals surface area contributed by atoms with E-state index in [1.807, 2.05) is 18.2 Å². The lowest BCUT2D eigenvalue weighted by Gasteiger charge is -2.14. The molecule has 0 fully saturated rings. The van der Waals surface area contributed by atoms with Gasteiger partial charge in [0.1, 0.15) is 5.82 Å². The van der Waals surface area contributed by atoms with Crippen LogP contribution in [0.15, 0.2) is 54.6 Å². The van der Waals surface area contributed by atoms with E-state index in [1.165, 1.54) is 11.6 Å². The van der Waals surface area contributed by atoms with E-state index in [2.05, 4.69) is 36.5 Å². The third kappa shape index (κ3) is 5.32. The molecule has 0 radical (unpaired) electrons. The molecule has 2 aromatic rings. The van der Waals surface area contributed by atoms with E-state index >= 15 is 0 Å². The second-order valence-corrected chi connectivity index (χ2v) is 4.90. The van der Waals surface area contributed by atoms with E-state index in [4.69, 9.17) is 0 Å². The van der Waals surface area contributed by atoms with E-state index in [0.717, 1.165) is 18.4 Å². The van der Waals surface area contributed by atoms with Crippen molar-refractivity contribution in [2.75, 3.05) is 0 Å². The molecule has 0 bridgehead atoms. The van der Waals surface area contributed by atoms with Gasteiger partial charge in [0.2, 0.25) is 0 Å². The molecule has 2 aromatic carbocycles. The number of benzene rings is 2. The summed E-state index contributed by atoms with van der Waals surface area (Å²) in [7, 11) is 0. The molecule has 0 amide bonds. The van der Waals surface area contributed by atoms with Gasteiger partial charge >= 0.3 is 0 Å². The molecule has 0 heterocycles. The number of hydrogen-bond acceptors (Lipinski definition) is 1. The topological polar surface area (TPSA) is 12.0 Å². The fraction of sp³-hybridized carbons (Fsp3) is 0.294. The van der Waals surface area contributed by atoms with Crippen molar-refractivity contribution < 1.29 is 4.39 Å². The summed E-state index contributed by atoms with van der Waals surface area (Å²) < 4.78 is 13.5.